The third kappa shape index (κ3) is 70.6. The van der Waals surface area contributed by atoms with Crippen molar-refractivity contribution in [1.29, 1.82) is 0 Å². The Morgan fingerprint density at radius 1 is 0.327 bits per heavy atom. The number of ketones is 2. The molecule has 107 heavy (non-hydrogen) atoms. The fraction of sp³-hybridized carbons (Fsp3) is 0.852. The van der Waals surface area contributed by atoms with E-state index in [4.69, 9.17) is 37.0 Å². The summed E-state index contributed by atoms with van der Waals surface area (Å²) in [4.78, 5) is 125. The standard InChI is InChI=1S/C81H150N4O20P2/c1-7-13-19-23-27-31-35-39-45-49-72(86)63-78(90)84-70(66-98-59-55-74(51-43-17-11-5)104-80(92)53-47-41-37-33-29-25-21-15-9-3)68-102-106(94,95)100-61-57-82-76(88)65-77(89)83-58-62-101-107(96,97)103-69-71(85-79(91)64-73(87)50-46-40-36-32-28-24-20-14-8-2)67-99-60-56-75(52-44-18-12-6)105-81(93)54-48-42-38-34-30-26-22-16-10-4/h33-34,37-38,70-71,74-75H,7-32,35-36,39-69H2,1-6H3,(H,82,88)(H,83,89)(H,84,90)(H,85,91)(H,94,95)(H,96,97)/b37-33-,38-34-. The highest BCUT2D eigenvalue weighted by Gasteiger charge is 2.28. The van der Waals surface area contributed by atoms with Crippen LogP contribution in [0.3, 0.4) is 0 Å². The molecule has 0 saturated heterocycles. The molecular formula is C81H150N4O20P2. The fourth-order valence-electron chi connectivity index (χ4n) is 11.8. The summed E-state index contributed by atoms with van der Waals surface area (Å²) in [5, 5.41) is 10.2. The molecule has 0 spiro atoms. The van der Waals surface area contributed by atoms with Crippen LogP contribution in [0.25, 0.3) is 0 Å². The van der Waals surface area contributed by atoms with Crippen LogP contribution in [-0.2, 0) is 84.5 Å². The number of carbonyl (C=O) groups excluding carboxylic acids is 8. The number of esters is 2. The molecule has 0 radical (unpaired) electrons. The van der Waals surface area contributed by atoms with Crippen LogP contribution in [0.2, 0.25) is 0 Å². The number of allylic oxidation sites excluding steroid dienone is 4. The second-order valence-electron chi connectivity index (χ2n) is 28.6. The zero-order valence-corrected chi connectivity index (χ0v) is 69.3. The SMILES string of the molecule is CCCCCC/C=C\CCCC(=O)OC(CCCCC)CCOCC(COP(=O)(O)OCCNC(=O)CC(=O)NCCOP(=O)(O)OCC(COCCC(CCCCC)OC(=O)CCC/C=C\CCCCCC)NC(=O)CC(=O)CCCCCCCCCCC)NC(=O)CC(=O)CCCCCCCCCCC. The molecule has 24 nitrogen and oxygen atoms in total. The average molecular weight is 1560 g/mol. The Hall–Kier alpha value is -4.22. The quantitative estimate of drug-likeness (QED) is 0.0108. The number of rotatable bonds is 80. The predicted molar refractivity (Wildman–Crippen MR) is 423 cm³/mol. The van der Waals surface area contributed by atoms with Crippen molar-refractivity contribution in [3.8, 4) is 0 Å². The molecule has 26 heteroatoms. The highest BCUT2D eigenvalue weighted by atomic mass is 31.2. The zero-order chi connectivity index (χ0) is 79.0. The topological polar surface area (TPSA) is 333 Å². The normalized spacial score (nSPS) is 13.9. The number of amides is 4. The van der Waals surface area contributed by atoms with Gasteiger partial charge in [-0.15, -0.1) is 0 Å². The smallest absolute Gasteiger partial charge is 0.462 e. The van der Waals surface area contributed by atoms with Gasteiger partial charge in [-0.1, -0.05) is 233 Å². The van der Waals surface area contributed by atoms with Crippen molar-refractivity contribution < 1.29 is 94.3 Å². The largest absolute Gasteiger partial charge is 0.472 e. The summed E-state index contributed by atoms with van der Waals surface area (Å²) in [6.45, 7) is 9.98. The first-order chi connectivity index (χ1) is 51.7. The minimum atomic E-state index is -4.82. The number of carbonyl (C=O) groups is 8. The monoisotopic (exact) mass is 1560 g/mol. The molecule has 0 aliphatic rings. The second-order valence-corrected chi connectivity index (χ2v) is 31.5. The molecule has 0 aromatic heterocycles. The molecule has 0 fully saturated rings. The maximum atomic E-state index is 13.2. The van der Waals surface area contributed by atoms with E-state index < -0.39 is 109 Å². The summed E-state index contributed by atoms with van der Waals surface area (Å²) >= 11 is 0. The number of hydrogen-bond donors (Lipinski definition) is 6. The summed E-state index contributed by atoms with van der Waals surface area (Å²) in [6.07, 6.45) is 48.9. The van der Waals surface area contributed by atoms with E-state index in [1.165, 1.54) is 89.9 Å². The summed E-state index contributed by atoms with van der Waals surface area (Å²) in [5.74, 6) is -3.85. The first kappa shape index (κ1) is 103. The van der Waals surface area contributed by atoms with Crippen LogP contribution in [0.4, 0.5) is 0 Å². The van der Waals surface area contributed by atoms with E-state index in [9.17, 15) is 57.3 Å². The highest BCUT2D eigenvalue weighted by Crippen LogP contribution is 2.44. The average Bonchev–Trinajstić information content (AvgIpc) is 0.919. The molecule has 0 rings (SSSR count). The van der Waals surface area contributed by atoms with Crippen molar-refractivity contribution in [2.24, 2.45) is 0 Å². The van der Waals surface area contributed by atoms with Crippen molar-refractivity contribution in [2.45, 2.75) is 380 Å². The van der Waals surface area contributed by atoms with Gasteiger partial charge >= 0.3 is 27.6 Å². The summed E-state index contributed by atoms with van der Waals surface area (Å²) in [5.41, 5.74) is 0. The third-order valence-corrected chi connectivity index (χ3v) is 20.0. The van der Waals surface area contributed by atoms with Crippen molar-refractivity contribution in [3.63, 3.8) is 0 Å². The molecule has 0 heterocycles. The lowest BCUT2D eigenvalue weighted by Crippen LogP contribution is -2.42. The van der Waals surface area contributed by atoms with Crippen molar-refractivity contribution >= 4 is 62.8 Å². The molecule has 0 aliphatic heterocycles. The van der Waals surface area contributed by atoms with Gasteiger partial charge in [0.15, 0.2) is 0 Å². The second kappa shape index (κ2) is 73.3. The highest BCUT2D eigenvalue weighted by molar-refractivity contribution is 7.47. The summed E-state index contributed by atoms with van der Waals surface area (Å²) < 4.78 is 70.6. The van der Waals surface area contributed by atoms with Gasteiger partial charge in [-0.2, -0.15) is 0 Å². The lowest BCUT2D eigenvalue weighted by molar-refractivity contribution is -0.151. The van der Waals surface area contributed by atoms with E-state index in [1.807, 2.05) is 0 Å². The first-order valence-electron chi connectivity index (χ1n) is 41.9. The van der Waals surface area contributed by atoms with Gasteiger partial charge in [-0.05, 0) is 89.9 Å². The van der Waals surface area contributed by atoms with Gasteiger partial charge in [0.1, 0.15) is 30.2 Å². The van der Waals surface area contributed by atoms with Crippen LogP contribution < -0.4 is 21.3 Å². The maximum Gasteiger partial charge on any atom is 0.472 e. The fourth-order valence-corrected chi connectivity index (χ4v) is 13.3. The van der Waals surface area contributed by atoms with Crippen LogP contribution in [0, 0.1) is 0 Å². The van der Waals surface area contributed by atoms with E-state index in [0.717, 1.165) is 128 Å². The van der Waals surface area contributed by atoms with Crippen LogP contribution in [0.5, 0.6) is 0 Å². The number of phosphoric ester groups is 2. The summed E-state index contributed by atoms with van der Waals surface area (Å²) in [7, 11) is -9.64. The zero-order valence-electron chi connectivity index (χ0n) is 67.5. The molecule has 6 unspecified atom stereocenters. The third-order valence-electron chi connectivity index (χ3n) is 18.1. The Labute approximate surface area is 646 Å². The van der Waals surface area contributed by atoms with Gasteiger partial charge in [0.2, 0.25) is 23.6 Å². The molecular weight excluding hydrogens is 1410 g/mol. The molecule has 6 N–H and O–H groups in total. The van der Waals surface area contributed by atoms with Crippen molar-refractivity contribution in [1.82, 2.24) is 21.3 Å². The molecule has 0 aromatic rings. The van der Waals surface area contributed by atoms with Gasteiger partial charge in [-0.25, -0.2) is 9.13 Å². The van der Waals surface area contributed by atoms with E-state index in [-0.39, 0.29) is 88.7 Å². The van der Waals surface area contributed by atoms with E-state index >= 15 is 0 Å². The van der Waals surface area contributed by atoms with Gasteiger partial charge in [0.05, 0.1) is 77.8 Å². The lowest BCUT2D eigenvalue weighted by Gasteiger charge is -2.22. The number of hydrogen-bond acceptors (Lipinski definition) is 18. The van der Waals surface area contributed by atoms with Crippen molar-refractivity contribution in [3.05, 3.63) is 24.3 Å². The van der Waals surface area contributed by atoms with Crippen LogP contribution in [0.1, 0.15) is 356 Å². The van der Waals surface area contributed by atoms with Gasteiger partial charge in [0, 0.05) is 51.6 Å². The summed E-state index contributed by atoms with van der Waals surface area (Å²) in [6, 6.07) is -2.00. The molecule has 0 aliphatic carbocycles. The number of nitrogens with one attached hydrogen (secondary N) is 4. The van der Waals surface area contributed by atoms with E-state index in [2.05, 4.69) is 87.1 Å². The molecule has 0 aromatic carbocycles. The van der Waals surface area contributed by atoms with E-state index in [1.54, 1.807) is 0 Å². The number of unbranched alkanes of at least 4 members (excludes halogenated alkanes) is 30. The van der Waals surface area contributed by atoms with Gasteiger partial charge in [-0.3, -0.25) is 56.5 Å². The lowest BCUT2D eigenvalue weighted by atomic mass is 10.0. The molecule has 4 amide bonds. The Kier molecular flexibility index (Phi) is 70.4. The molecule has 624 valence electrons. The Morgan fingerprint density at radius 2 is 0.636 bits per heavy atom. The maximum absolute atomic E-state index is 13.2. The number of ether oxygens (including phenoxy) is 4. The van der Waals surface area contributed by atoms with Gasteiger partial charge < -0.3 is 50.0 Å². The number of phosphoric acid groups is 2. The first-order valence-corrected chi connectivity index (χ1v) is 44.9. The predicted octanol–water partition coefficient (Wildman–Crippen LogP) is 17.8. The van der Waals surface area contributed by atoms with Crippen LogP contribution >= 0.6 is 15.6 Å². The van der Waals surface area contributed by atoms with Crippen LogP contribution in [-0.4, -0.2) is 147 Å². The molecule has 0 saturated carbocycles. The van der Waals surface area contributed by atoms with Crippen LogP contribution in [0.15, 0.2) is 24.3 Å². The number of Topliss-reactive ketones (excluding diaryl/α,β-unsaturated/α-hetero) is 2. The minimum Gasteiger partial charge on any atom is -0.462 e. The minimum absolute atomic E-state index is 0.127. The molecule has 6 atom stereocenters. The van der Waals surface area contributed by atoms with Gasteiger partial charge in [0.25, 0.3) is 0 Å². The Bertz CT molecular complexity index is 2260. The van der Waals surface area contributed by atoms with Crippen molar-refractivity contribution in [2.75, 3.05) is 65.9 Å². The Balaban J connectivity index is 5.54. The Morgan fingerprint density at radius 3 is 0.981 bits per heavy atom. The molecule has 0 bridgehead atoms. The van der Waals surface area contributed by atoms with E-state index in [0.29, 0.717) is 51.4 Å².